The molecule has 2 aromatic rings. The van der Waals surface area contributed by atoms with Crippen molar-refractivity contribution in [3.63, 3.8) is 0 Å². The van der Waals surface area contributed by atoms with Crippen molar-refractivity contribution in [2.45, 2.75) is 38.7 Å². The summed E-state index contributed by atoms with van der Waals surface area (Å²) >= 11 is 12.4. The van der Waals surface area contributed by atoms with Gasteiger partial charge < -0.3 is 9.64 Å². The Kier molecular flexibility index (Phi) is 5.43. The number of nitro groups is 1. The Morgan fingerprint density at radius 2 is 1.87 bits per heavy atom. The molecule has 0 N–H and O–H groups in total. The third-order valence-corrected chi connectivity index (χ3v) is 7.00. The standard InChI is InChI=1S/C22H20Cl2N2O5/c1-12-9-18-19(13(2)20(12)24)17(27)11-22(31-18)5-7-25(8-6-22)21(28)15-10-14(26(29)30)3-4-16(15)23/h3-4,9-10H,5-8,11H2,1-2H3. The lowest BCUT2D eigenvalue weighted by Gasteiger charge is -2.44. The molecule has 0 saturated carbocycles. The van der Waals surface area contributed by atoms with E-state index < -0.39 is 10.5 Å². The largest absolute Gasteiger partial charge is 0.486 e. The van der Waals surface area contributed by atoms with Gasteiger partial charge >= 0.3 is 0 Å². The molecule has 9 heteroatoms. The molecule has 0 atom stereocenters. The number of halogens is 2. The topological polar surface area (TPSA) is 89.8 Å². The van der Waals surface area contributed by atoms with E-state index in [1.54, 1.807) is 11.0 Å². The normalized spacial score (nSPS) is 17.3. The average molecular weight is 463 g/mol. The van der Waals surface area contributed by atoms with Gasteiger partial charge in [-0.15, -0.1) is 0 Å². The summed E-state index contributed by atoms with van der Waals surface area (Å²) in [5.74, 6) is 0.156. The average Bonchev–Trinajstić information content (AvgIpc) is 2.72. The van der Waals surface area contributed by atoms with Gasteiger partial charge in [0.1, 0.15) is 11.4 Å². The van der Waals surface area contributed by atoms with E-state index in [1.807, 2.05) is 13.8 Å². The minimum absolute atomic E-state index is 0.0119. The van der Waals surface area contributed by atoms with E-state index in [0.717, 1.165) is 11.1 Å². The van der Waals surface area contributed by atoms with Crippen molar-refractivity contribution in [1.82, 2.24) is 4.90 Å². The van der Waals surface area contributed by atoms with Gasteiger partial charge in [0, 0.05) is 43.1 Å². The van der Waals surface area contributed by atoms with Crippen LogP contribution >= 0.6 is 23.2 Å². The molecule has 2 aliphatic heterocycles. The Hall–Kier alpha value is -2.64. The third-order valence-electron chi connectivity index (χ3n) is 6.09. The van der Waals surface area contributed by atoms with Crippen LogP contribution in [0.2, 0.25) is 10.0 Å². The molecule has 0 bridgehead atoms. The first-order chi connectivity index (χ1) is 14.6. The van der Waals surface area contributed by atoms with Gasteiger partial charge in [0.2, 0.25) is 0 Å². The predicted molar refractivity (Wildman–Crippen MR) is 116 cm³/mol. The zero-order chi connectivity index (χ0) is 22.5. The van der Waals surface area contributed by atoms with Gasteiger partial charge in [-0.3, -0.25) is 19.7 Å². The van der Waals surface area contributed by atoms with Crippen molar-refractivity contribution in [3.05, 3.63) is 66.7 Å². The number of carbonyl (C=O) groups is 2. The maximum atomic E-state index is 13.0. The molecule has 0 radical (unpaired) electrons. The summed E-state index contributed by atoms with van der Waals surface area (Å²) in [5, 5.41) is 11.8. The van der Waals surface area contributed by atoms with Crippen molar-refractivity contribution in [3.8, 4) is 5.75 Å². The number of amides is 1. The number of aryl methyl sites for hydroxylation is 1. The molecule has 0 aromatic heterocycles. The molecule has 1 fully saturated rings. The van der Waals surface area contributed by atoms with Gasteiger partial charge in [0.25, 0.3) is 11.6 Å². The molecule has 1 spiro atoms. The molecule has 2 heterocycles. The number of nitro benzene ring substituents is 1. The summed E-state index contributed by atoms with van der Waals surface area (Å²) in [6.07, 6.45) is 1.16. The Morgan fingerprint density at radius 3 is 2.52 bits per heavy atom. The second-order valence-electron chi connectivity index (χ2n) is 8.10. The monoisotopic (exact) mass is 462 g/mol. The third kappa shape index (κ3) is 3.77. The minimum Gasteiger partial charge on any atom is -0.486 e. The van der Waals surface area contributed by atoms with E-state index in [1.165, 1.54) is 18.2 Å². The highest BCUT2D eigenvalue weighted by Gasteiger charge is 2.44. The number of hydrogen-bond donors (Lipinski definition) is 0. The maximum Gasteiger partial charge on any atom is 0.270 e. The molecule has 2 aliphatic rings. The highest BCUT2D eigenvalue weighted by molar-refractivity contribution is 6.34. The van der Waals surface area contributed by atoms with Gasteiger partial charge in [0.15, 0.2) is 5.78 Å². The number of non-ortho nitro benzene ring substituents is 1. The van der Waals surface area contributed by atoms with Crippen LogP contribution in [0.25, 0.3) is 0 Å². The van der Waals surface area contributed by atoms with Crippen LogP contribution in [0.1, 0.15) is 51.1 Å². The van der Waals surface area contributed by atoms with Crippen LogP contribution in [0, 0.1) is 24.0 Å². The zero-order valence-electron chi connectivity index (χ0n) is 17.0. The first kappa shape index (κ1) is 21.6. The number of carbonyl (C=O) groups excluding carboxylic acids is 2. The number of fused-ring (bicyclic) bond motifs is 1. The van der Waals surface area contributed by atoms with E-state index in [2.05, 4.69) is 0 Å². The molecule has 2 aromatic carbocycles. The quantitative estimate of drug-likeness (QED) is 0.454. The molecule has 31 heavy (non-hydrogen) atoms. The van der Waals surface area contributed by atoms with Gasteiger partial charge in [0.05, 0.1) is 27.5 Å². The first-order valence-electron chi connectivity index (χ1n) is 9.87. The summed E-state index contributed by atoms with van der Waals surface area (Å²) in [7, 11) is 0. The van der Waals surface area contributed by atoms with Crippen molar-refractivity contribution in [2.75, 3.05) is 13.1 Å². The Labute approximate surface area is 189 Å². The smallest absolute Gasteiger partial charge is 0.270 e. The van der Waals surface area contributed by atoms with Gasteiger partial charge in [-0.1, -0.05) is 23.2 Å². The van der Waals surface area contributed by atoms with Gasteiger partial charge in [-0.05, 0) is 37.1 Å². The van der Waals surface area contributed by atoms with E-state index in [4.69, 9.17) is 27.9 Å². The van der Waals surface area contributed by atoms with Crippen LogP contribution in [-0.2, 0) is 0 Å². The lowest BCUT2D eigenvalue weighted by Crippen LogP contribution is -2.52. The highest BCUT2D eigenvalue weighted by atomic mass is 35.5. The summed E-state index contributed by atoms with van der Waals surface area (Å²) in [5.41, 5.74) is 1.32. The summed E-state index contributed by atoms with van der Waals surface area (Å²) in [6.45, 7) is 4.39. The Morgan fingerprint density at radius 1 is 1.19 bits per heavy atom. The van der Waals surface area contributed by atoms with Crippen LogP contribution in [0.3, 0.4) is 0 Å². The molecule has 162 valence electrons. The second kappa shape index (κ2) is 7.80. The maximum absolute atomic E-state index is 13.0. The highest BCUT2D eigenvalue weighted by Crippen LogP contribution is 2.43. The number of piperidine rings is 1. The number of likely N-dealkylation sites (tertiary alicyclic amines) is 1. The fourth-order valence-corrected chi connectivity index (χ4v) is 4.70. The number of rotatable bonds is 2. The Bertz CT molecular complexity index is 1120. The first-order valence-corrected chi connectivity index (χ1v) is 10.6. The SMILES string of the molecule is Cc1cc2c(c(C)c1Cl)C(=O)CC1(CCN(C(=O)c3cc([N+](=O)[O-])ccc3Cl)CC1)O2. The fourth-order valence-electron chi connectivity index (χ4n) is 4.36. The van der Waals surface area contributed by atoms with Crippen LogP contribution in [-0.4, -0.2) is 40.2 Å². The predicted octanol–water partition coefficient (Wildman–Crippen LogP) is 5.16. The molecule has 7 nitrogen and oxygen atoms in total. The van der Waals surface area contributed by atoms with Crippen LogP contribution in [0.4, 0.5) is 5.69 Å². The summed E-state index contributed by atoms with van der Waals surface area (Å²) in [6, 6.07) is 5.61. The van der Waals surface area contributed by atoms with Gasteiger partial charge in [-0.25, -0.2) is 0 Å². The molecule has 0 unspecified atom stereocenters. The van der Waals surface area contributed by atoms with Crippen molar-refractivity contribution in [1.29, 1.82) is 0 Å². The molecule has 1 amide bonds. The fraction of sp³-hybridized carbons (Fsp3) is 0.364. The lowest BCUT2D eigenvalue weighted by atomic mass is 9.81. The number of Topliss-reactive ketones (excluding diaryl/α,β-unsaturated/α-hetero) is 1. The number of ketones is 1. The zero-order valence-corrected chi connectivity index (χ0v) is 18.5. The minimum atomic E-state index is -0.681. The number of benzene rings is 2. The molecule has 4 rings (SSSR count). The van der Waals surface area contributed by atoms with Crippen LogP contribution in [0.5, 0.6) is 5.75 Å². The summed E-state index contributed by atoms with van der Waals surface area (Å²) < 4.78 is 6.32. The van der Waals surface area contributed by atoms with Crippen LogP contribution in [0.15, 0.2) is 24.3 Å². The number of nitrogens with zero attached hydrogens (tertiary/aromatic N) is 2. The molecule has 1 saturated heterocycles. The van der Waals surface area contributed by atoms with E-state index >= 15 is 0 Å². The van der Waals surface area contributed by atoms with E-state index in [9.17, 15) is 19.7 Å². The lowest BCUT2D eigenvalue weighted by molar-refractivity contribution is -0.384. The molecular formula is C22H20Cl2N2O5. The van der Waals surface area contributed by atoms with Crippen molar-refractivity contribution in [2.24, 2.45) is 0 Å². The van der Waals surface area contributed by atoms with Crippen molar-refractivity contribution < 1.29 is 19.2 Å². The summed E-state index contributed by atoms with van der Waals surface area (Å²) in [4.78, 5) is 38.0. The van der Waals surface area contributed by atoms with E-state index in [-0.39, 0.29) is 34.4 Å². The van der Waals surface area contributed by atoms with Crippen molar-refractivity contribution >= 4 is 40.6 Å². The number of hydrogen-bond acceptors (Lipinski definition) is 5. The molecular weight excluding hydrogens is 443 g/mol. The molecule has 0 aliphatic carbocycles. The Balaban J connectivity index is 1.54. The van der Waals surface area contributed by atoms with E-state index in [0.29, 0.717) is 42.3 Å². The van der Waals surface area contributed by atoms with Crippen LogP contribution < -0.4 is 4.74 Å². The van der Waals surface area contributed by atoms with Gasteiger partial charge in [-0.2, -0.15) is 0 Å². The number of ether oxygens (including phenoxy) is 1. The second-order valence-corrected chi connectivity index (χ2v) is 8.89.